The first-order valence-corrected chi connectivity index (χ1v) is 7.06. The smallest absolute Gasteiger partial charge is 0.257 e. The molecule has 0 fully saturated rings. The van der Waals surface area contributed by atoms with Gasteiger partial charge >= 0.3 is 0 Å². The SMILES string of the molecule is CCOc1cc(C)ccc1NC(=O)c1ccc(Br)nc1. The van der Waals surface area contributed by atoms with Gasteiger partial charge in [-0.05, 0) is 59.6 Å². The second kappa shape index (κ2) is 6.52. The molecule has 0 aliphatic rings. The average Bonchev–Trinajstić information content (AvgIpc) is 2.43. The Labute approximate surface area is 126 Å². The maximum absolute atomic E-state index is 12.1. The zero-order chi connectivity index (χ0) is 14.5. The Bertz CT molecular complexity index is 612. The fraction of sp³-hybridized carbons (Fsp3) is 0.200. The molecule has 1 aromatic carbocycles. The van der Waals surface area contributed by atoms with Gasteiger partial charge in [0.05, 0.1) is 17.9 Å². The number of carbonyl (C=O) groups is 1. The summed E-state index contributed by atoms with van der Waals surface area (Å²) < 4.78 is 6.23. The average molecular weight is 335 g/mol. The van der Waals surface area contributed by atoms with Crippen molar-refractivity contribution in [3.63, 3.8) is 0 Å². The summed E-state index contributed by atoms with van der Waals surface area (Å²) in [6.45, 7) is 4.44. The van der Waals surface area contributed by atoms with Crippen LogP contribution in [0.15, 0.2) is 41.1 Å². The number of nitrogens with one attached hydrogen (secondary N) is 1. The van der Waals surface area contributed by atoms with Crippen LogP contribution in [0.5, 0.6) is 5.75 Å². The van der Waals surface area contributed by atoms with Gasteiger partial charge in [0, 0.05) is 6.20 Å². The van der Waals surface area contributed by atoms with Crippen molar-refractivity contribution in [3.05, 3.63) is 52.3 Å². The molecule has 0 spiro atoms. The van der Waals surface area contributed by atoms with Crippen LogP contribution >= 0.6 is 15.9 Å². The summed E-state index contributed by atoms with van der Waals surface area (Å²) in [6, 6.07) is 9.11. The summed E-state index contributed by atoms with van der Waals surface area (Å²) in [6.07, 6.45) is 1.52. The quantitative estimate of drug-likeness (QED) is 0.865. The highest BCUT2D eigenvalue weighted by Gasteiger charge is 2.10. The van der Waals surface area contributed by atoms with Crippen LogP contribution < -0.4 is 10.1 Å². The van der Waals surface area contributed by atoms with Crippen LogP contribution in [-0.4, -0.2) is 17.5 Å². The van der Waals surface area contributed by atoms with Crippen LogP contribution in [0, 0.1) is 6.92 Å². The van der Waals surface area contributed by atoms with Crippen LogP contribution in [0.1, 0.15) is 22.8 Å². The fourth-order valence-electron chi connectivity index (χ4n) is 1.71. The van der Waals surface area contributed by atoms with E-state index in [1.165, 1.54) is 6.20 Å². The highest BCUT2D eigenvalue weighted by molar-refractivity contribution is 9.10. The lowest BCUT2D eigenvalue weighted by Crippen LogP contribution is -2.13. The molecule has 0 bridgehead atoms. The van der Waals surface area contributed by atoms with E-state index >= 15 is 0 Å². The Kier molecular flexibility index (Phi) is 4.74. The predicted octanol–water partition coefficient (Wildman–Crippen LogP) is 3.80. The molecule has 104 valence electrons. The molecule has 20 heavy (non-hydrogen) atoms. The molecular weight excluding hydrogens is 320 g/mol. The number of rotatable bonds is 4. The van der Waals surface area contributed by atoms with E-state index in [4.69, 9.17) is 4.74 Å². The molecule has 0 atom stereocenters. The molecule has 1 amide bonds. The molecule has 1 heterocycles. The predicted molar refractivity (Wildman–Crippen MR) is 82.2 cm³/mol. The van der Waals surface area contributed by atoms with Crippen LogP contribution in [0.4, 0.5) is 5.69 Å². The molecule has 5 heteroatoms. The van der Waals surface area contributed by atoms with Gasteiger partial charge in [0.1, 0.15) is 10.4 Å². The minimum Gasteiger partial charge on any atom is -0.492 e. The second-order valence-electron chi connectivity index (χ2n) is 4.26. The lowest BCUT2D eigenvalue weighted by Gasteiger charge is -2.12. The molecule has 1 N–H and O–H groups in total. The third-order valence-electron chi connectivity index (χ3n) is 2.67. The number of pyridine rings is 1. The largest absolute Gasteiger partial charge is 0.492 e. The molecule has 2 aromatic rings. The Morgan fingerprint density at radius 1 is 1.35 bits per heavy atom. The van der Waals surface area contributed by atoms with Crippen molar-refractivity contribution in [2.45, 2.75) is 13.8 Å². The summed E-state index contributed by atoms with van der Waals surface area (Å²) in [5.74, 6) is 0.459. The third kappa shape index (κ3) is 3.57. The monoisotopic (exact) mass is 334 g/mol. The summed E-state index contributed by atoms with van der Waals surface area (Å²) >= 11 is 3.24. The number of carbonyl (C=O) groups excluding carboxylic acids is 1. The van der Waals surface area contributed by atoms with Gasteiger partial charge in [-0.1, -0.05) is 6.07 Å². The van der Waals surface area contributed by atoms with Crippen molar-refractivity contribution in [3.8, 4) is 5.75 Å². The topological polar surface area (TPSA) is 51.2 Å². The number of hydrogen-bond acceptors (Lipinski definition) is 3. The molecule has 2 rings (SSSR count). The molecule has 0 aliphatic carbocycles. The minimum absolute atomic E-state index is 0.213. The lowest BCUT2D eigenvalue weighted by atomic mass is 10.2. The number of amides is 1. The normalized spacial score (nSPS) is 10.2. The van der Waals surface area contributed by atoms with E-state index in [1.807, 2.05) is 32.0 Å². The molecule has 0 saturated heterocycles. The van der Waals surface area contributed by atoms with Gasteiger partial charge < -0.3 is 10.1 Å². The molecule has 0 aliphatic heterocycles. The third-order valence-corrected chi connectivity index (χ3v) is 3.14. The zero-order valence-corrected chi connectivity index (χ0v) is 12.9. The van der Waals surface area contributed by atoms with Crippen LogP contribution in [-0.2, 0) is 0 Å². The molecule has 4 nitrogen and oxygen atoms in total. The van der Waals surface area contributed by atoms with Crippen LogP contribution in [0.3, 0.4) is 0 Å². The standard InChI is InChI=1S/C15H15BrN2O2/c1-3-20-13-8-10(2)4-6-12(13)18-15(19)11-5-7-14(16)17-9-11/h4-9H,3H2,1-2H3,(H,18,19). The van der Waals surface area contributed by atoms with Gasteiger partial charge in [-0.2, -0.15) is 0 Å². The summed E-state index contributed by atoms with van der Waals surface area (Å²) in [5, 5.41) is 2.84. The highest BCUT2D eigenvalue weighted by Crippen LogP contribution is 2.26. The van der Waals surface area contributed by atoms with Crippen molar-refractivity contribution in [2.75, 3.05) is 11.9 Å². The summed E-state index contributed by atoms with van der Waals surface area (Å²) in [5.41, 5.74) is 2.23. The Morgan fingerprint density at radius 3 is 2.80 bits per heavy atom. The number of nitrogens with zero attached hydrogens (tertiary/aromatic N) is 1. The summed E-state index contributed by atoms with van der Waals surface area (Å²) in [7, 11) is 0. The number of anilines is 1. The summed E-state index contributed by atoms with van der Waals surface area (Å²) in [4.78, 5) is 16.2. The van der Waals surface area contributed by atoms with Crippen LogP contribution in [0.25, 0.3) is 0 Å². The van der Waals surface area contributed by atoms with Crippen molar-refractivity contribution in [1.29, 1.82) is 0 Å². The number of halogens is 1. The van der Waals surface area contributed by atoms with E-state index in [1.54, 1.807) is 12.1 Å². The molecule has 0 unspecified atom stereocenters. The van der Waals surface area contributed by atoms with E-state index in [0.717, 1.165) is 5.56 Å². The van der Waals surface area contributed by atoms with E-state index < -0.39 is 0 Å². The van der Waals surface area contributed by atoms with Crippen molar-refractivity contribution in [2.24, 2.45) is 0 Å². The van der Waals surface area contributed by atoms with E-state index in [9.17, 15) is 4.79 Å². The molecular formula is C15H15BrN2O2. The number of aromatic nitrogens is 1. The maximum atomic E-state index is 12.1. The lowest BCUT2D eigenvalue weighted by molar-refractivity contribution is 0.102. The van der Waals surface area contributed by atoms with Gasteiger partial charge in [-0.15, -0.1) is 0 Å². The fourth-order valence-corrected chi connectivity index (χ4v) is 1.95. The Hall–Kier alpha value is -1.88. The van der Waals surface area contributed by atoms with Gasteiger partial charge in [0.15, 0.2) is 0 Å². The minimum atomic E-state index is -0.213. The first-order valence-electron chi connectivity index (χ1n) is 6.26. The highest BCUT2D eigenvalue weighted by atomic mass is 79.9. The maximum Gasteiger partial charge on any atom is 0.257 e. The van der Waals surface area contributed by atoms with Crippen molar-refractivity contribution in [1.82, 2.24) is 4.98 Å². The van der Waals surface area contributed by atoms with Crippen LogP contribution in [0.2, 0.25) is 0 Å². The zero-order valence-electron chi connectivity index (χ0n) is 11.3. The second-order valence-corrected chi connectivity index (χ2v) is 5.07. The number of benzene rings is 1. The van der Waals surface area contributed by atoms with Gasteiger partial charge in [-0.25, -0.2) is 4.98 Å². The van der Waals surface area contributed by atoms with Gasteiger partial charge in [0.25, 0.3) is 5.91 Å². The molecule has 0 saturated carbocycles. The molecule has 0 radical (unpaired) electrons. The number of hydrogen-bond donors (Lipinski definition) is 1. The van der Waals surface area contributed by atoms with E-state index in [-0.39, 0.29) is 5.91 Å². The first-order chi connectivity index (χ1) is 9.60. The number of aryl methyl sites for hydroxylation is 1. The van der Waals surface area contributed by atoms with Crippen molar-refractivity contribution < 1.29 is 9.53 Å². The number of ether oxygens (including phenoxy) is 1. The van der Waals surface area contributed by atoms with E-state index in [2.05, 4.69) is 26.2 Å². The van der Waals surface area contributed by atoms with Gasteiger partial charge in [-0.3, -0.25) is 4.79 Å². The van der Waals surface area contributed by atoms with E-state index in [0.29, 0.717) is 28.2 Å². The van der Waals surface area contributed by atoms with Crippen molar-refractivity contribution >= 4 is 27.5 Å². The molecule has 1 aromatic heterocycles. The Balaban J connectivity index is 2.21. The Morgan fingerprint density at radius 2 is 2.15 bits per heavy atom. The van der Waals surface area contributed by atoms with Gasteiger partial charge in [0.2, 0.25) is 0 Å². The first kappa shape index (κ1) is 14.5.